The summed E-state index contributed by atoms with van der Waals surface area (Å²) in [6, 6.07) is 20.3. The number of hydrogen-bond acceptors (Lipinski definition) is 2. The van der Waals surface area contributed by atoms with Gasteiger partial charge in [-0.25, -0.2) is 4.79 Å². The molecule has 0 N–H and O–H groups in total. The largest absolute Gasteiger partial charge is 0.458 e. The van der Waals surface area contributed by atoms with Crippen molar-refractivity contribution in [1.29, 1.82) is 0 Å². The van der Waals surface area contributed by atoms with E-state index >= 15 is 0 Å². The van der Waals surface area contributed by atoms with Gasteiger partial charge in [0.2, 0.25) is 0 Å². The van der Waals surface area contributed by atoms with E-state index in [4.69, 9.17) is 4.74 Å². The molecule has 1 aliphatic rings. The predicted octanol–water partition coefficient (Wildman–Crippen LogP) is 5.36. The Balaban J connectivity index is 1.71. The number of carbonyl (C=O) groups is 1. The highest BCUT2D eigenvalue weighted by atomic mass is 16.5. The van der Waals surface area contributed by atoms with E-state index in [1.54, 1.807) is 0 Å². The number of rotatable bonds is 4. The van der Waals surface area contributed by atoms with Gasteiger partial charge in [0.25, 0.3) is 0 Å². The van der Waals surface area contributed by atoms with Crippen LogP contribution in [0.5, 0.6) is 0 Å². The van der Waals surface area contributed by atoms with Gasteiger partial charge in [0, 0.05) is 11.5 Å². The van der Waals surface area contributed by atoms with Gasteiger partial charge in [0.1, 0.15) is 6.10 Å². The molecule has 1 saturated carbocycles. The first-order chi connectivity index (χ1) is 11.7. The Hall–Kier alpha value is -2.35. The first-order valence-electron chi connectivity index (χ1n) is 8.73. The lowest BCUT2D eigenvalue weighted by atomic mass is 9.81. The Morgan fingerprint density at radius 2 is 1.58 bits per heavy atom. The summed E-state index contributed by atoms with van der Waals surface area (Å²) >= 11 is 0. The van der Waals surface area contributed by atoms with Crippen molar-refractivity contribution in [3.8, 4) is 0 Å². The number of ether oxygens (including phenoxy) is 1. The van der Waals surface area contributed by atoms with Crippen LogP contribution in [0, 0.1) is 0 Å². The van der Waals surface area contributed by atoms with Crippen molar-refractivity contribution in [3.05, 3.63) is 77.4 Å². The maximum atomic E-state index is 12.5. The maximum Gasteiger partial charge on any atom is 0.334 e. The minimum atomic E-state index is -0.202. The molecule has 0 aliphatic heterocycles. The molecule has 124 valence electrons. The highest BCUT2D eigenvalue weighted by Gasteiger charge is 2.29. The Bertz CT molecular complexity index is 688. The second-order valence-corrected chi connectivity index (χ2v) is 6.48. The van der Waals surface area contributed by atoms with Crippen LogP contribution in [0.25, 0.3) is 6.08 Å². The minimum absolute atomic E-state index is 0.0206. The lowest BCUT2D eigenvalue weighted by molar-refractivity contribution is -0.146. The van der Waals surface area contributed by atoms with Crippen molar-refractivity contribution in [3.63, 3.8) is 0 Å². The third-order valence-electron chi connectivity index (χ3n) is 4.69. The molecule has 2 aromatic carbocycles. The zero-order valence-electron chi connectivity index (χ0n) is 14.2. The van der Waals surface area contributed by atoms with Crippen molar-refractivity contribution >= 4 is 12.0 Å². The van der Waals surface area contributed by atoms with Gasteiger partial charge < -0.3 is 4.74 Å². The van der Waals surface area contributed by atoms with E-state index in [2.05, 4.69) is 24.3 Å². The first-order valence-corrected chi connectivity index (χ1v) is 8.73. The molecule has 2 atom stereocenters. The van der Waals surface area contributed by atoms with Gasteiger partial charge in [-0.15, -0.1) is 0 Å². The Labute approximate surface area is 144 Å². The van der Waals surface area contributed by atoms with Crippen LogP contribution in [0.15, 0.2) is 66.2 Å². The molecule has 2 nitrogen and oxygen atoms in total. The molecule has 2 heteroatoms. The van der Waals surface area contributed by atoms with Crippen LogP contribution in [0.4, 0.5) is 0 Å². The molecule has 0 radical (unpaired) electrons. The van der Waals surface area contributed by atoms with Crippen molar-refractivity contribution < 1.29 is 9.53 Å². The second kappa shape index (κ2) is 7.96. The Kier molecular flexibility index (Phi) is 5.47. The highest BCUT2D eigenvalue weighted by Crippen LogP contribution is 2.35. The third kappa shape index (κ3) is 4.14. The quantitative estimate of drug-likeness (QED) is 0.560. The van der Waals surface area contributed by atoms with Crippen LogP contribution in [-0.4, -0.2) is 12.1 Å². The summed E-state index contributed by atoms with van der Waals surface area (Å²) in [7, 11) is 0. The highest BCUT2D eigenvalue weighted by molar-refractivity contribution is 5.93. The number of esters is 1. The van der Waals surface area contributed by atoms with Crippen LogP contribution in [0.2, 0.25) is 0 Å². The summed E-state index contributed by atoms with van der Waals surface area (Å²) < 4.78 is 5.89. The summed E-state index contributed by atoms with van der Waals surface area (Å²) in [6.07, 6.45) is 6.23. The van der Waals surface area contributed by atoms with Gasteiger partial charge in [-0.1, -0.05) is 67.1 Å². The summed E-state index contributed by atoms with van der Waals surface area (Å²) in [5.41, 5.74) is 2.95. The monoisotopic (exact) mass is 320 g/mol. The van der Waals surface area contributed by atoms with Gasteiger partial charge in [0.15, 0.2) is 0 Å². The fraction of sp³-hybridized carbons (Fsp3) is 0.318. The van der Waals surface area contributed by atoms with Gasteiger partial charge in [-0.2, -0.15) is 0 Å². The fourth-order valence-corrected chi connectivity index (χ4v) is 3.41. The van der Waals surface area contributed by atoms with E-state index in [1.165, 1.54) is 12.0 Å². The summed E-state index contributed by atoms with van der Waals surface area (Å²) in [5, 5.41) is 0. The number of hydrogen-bond donors (Lipinski definition) is 0. The van der Waals surface area contributed by atoms with Gasteiger partial charge in [0.05, 0.1) is 0 Å². The molecule has 0 bridgehead atoms. The lowest BCUT2D eigenvalue weighted by Gasteiger charge is -2.31. The van der Waals surface area contributed by atoms with Crippen LogP contribution in [0.3, 0.4) is 0 Å². The smallest absolute Gasteiger partial charge is 0.334 e. The summed E-state index contributed by atoms with van der Waals surface area (Å²) in [5.74, 6) is 0.111. The van der Waals surface area contributed by atoms with Crippen LogP contribution in [-0.2, 0) is 9.53 Å². The van der Waals surface area contributed by atoms with Crippen LogP contribution in [0.1, 0.15) is 49.7 Å². The zero-order valence-corrected chi connectivity index (χ0v) is 14.2. The molecule has 0 spiro atoms. The van der Waals surface area contributed by atoms with E-state index in [-0.39, 0.29) is 12.1 Å². The van der Waals surface area contributed by atoms with Crippen molar-refractivity contribution in [2.45, 2.75) is 44.6 Å². The van der Waals surface area contributed by atoms with E-state index < -0.39 is 0 Å². The third-order valence-corrected chi connectivity index (χ3v) is 4.69. The van der Waals surface area contributed by atoms with E-state index in [1.807, 2.05) is 49.4 Å². The van der Waals surface area contributed by atoms with Gasteiger partial charge in [-0.05, 0) is 43.4 Å². The topological polar surface area (TPSA) is 26.3 Å². The SMILES string of the molecule is C/C(=C\c1ccccc1)C(=O)O[C@@H]1CCCC[C@H]1c1ccccc1. The molecule has 2 aromatic rings. The Morgan fingerprint density at radius 3 is 2.29 bits per heavy atom. The summed E-state index contributed by atoms with van der Waals surface area (Å²) in [4.78, 5) is 12.5. The van der Waals surface area contributed by atoms with Crippen molar-refractivity contribution in [2.75, 3.05) is 0 Å². The molecule has 0 heterocycles. The normalized spacial score (nSPS) is 21.3. The van der Waals surface area contributed by atoms with E-state index in [9.17, 15) is 4.79 Å². The average molecular weight is 320 g/mol. The van der Waals surface area contributed by atoms with Gasteiger partial charge >= 0.3 is 5.97 Å². The predicted molar refractivity (Wildman–Crippen MR) is 97.6 cm³/mol. The molecule has 0 aromatic heterocycles. The number of carbonyl (C=O) groups excluding carboxylic acids is 1. The molecule has 0 saturated heterocycles. The molecule has 0 amide bonds. The molecular formula is C22H24O2. The maximum absolute atomic E-state index is 12.5. The average Bonchev–Trinajstić information content (AvgIpc) is 2.63. The minimum Gasteiger partial charge on any atom is -0.458 e. The second-order valence-electron chi connectivity index (χ2n) is 6.48. The fourth-order valence-electron chi connectivity index (χ4n) is 3.41. The molecule has 24 heavy (non-hydrogen) atoms. The van der Waals surface area contributed by atoms with Crippen LogP contribution < -0.4 is 0 Å². The number of benzene rings is 2. The molecule has 1 aliphatic carbocycles. The van der Waals surface area contributed by atoms with Crippen molar-refractivity contribution in [1.82, 2.24) is 0 Å². The Morgan fingerprint density at radius 1 is 0.958 bits per heavy atom. The molecule has 0 unspecified atom stereocenters. The molecular weight excluding hydrogens is 296 g/mol. The molecule has 3 rings (SSSR count). The molecule has 1 fully saturated rings. The van der Waals surface area contributed by atoms with E-state index in [0.717, 1.165) is 24.8 Å². The van der Waals surface area contributed by atoms with Gasteiger partial charge in [-0.3, -0.25) is 0 Å². The standard InChI is InChI=1S/C22H24O2/c1-17(16-18-10-4-2-5-11-18)22(23)24-21-15-9-8-14-20(21)19-12-6-3-7-13-19/h2-7,10-13,16,20-21H,8-9,14-15H2,1H3/b17-16+/t20-,21+/m0/s1. The lowest BCUT2D eigenvalue weighted by Crippen LogP contribution is -2.29. The van der Waals surface area contributed by atoms with Crippen molar-refractivity contribution in [2.24, 2.45) is 0 Å². The van der Waals surface area contributed by atoms with E-state index in [0.29, 0.717) is 11.5 Å². The summed E-state index contributed by atoms with van der Waals surface area (Å²) in [6.45, 7) is 1.83. The first kappa shape index (κ1) is 16.5. The zero-order chi connectivity index (χ0) is 16.8. The van der Waals surface area contributed by atoms with Crippen LogP contribution >= 0.6 is 0 Å².